The summed E-state index contributed by atoms with van der Waals surface area (Å²) in [7, 11) is 0. The lowest BCUT2D eigenvalue weighted by molar-refractivity contribution is 0.257. The monoisotopic (exact) mass is 188 g/mol. The van der Waals surface area contributed by atoms with Gasteiger partial charge < -0.3 is 5.11 Å². The molecular formula is C10H8N2O2. The van der Waals surface area contributed by atoms with Gasteiger partial charge in [-0.1, -0.05) is 12.1 Å². The predicted octanol–water partition coefficient (Wildman–Crippen LogP) is 1.58. The second-order valence-electron chi connectivity index (χ2n) is 2.99. The molecule has 14 heavy (non-hydrogen) atoms. The summed E-state index contributed by atoms with van der Waals surface area (Å²) in [5.41, 5.74) is 1.64. The molecule has 0 radical (unpaired) electrons. The maximum absolute atomic E-state index is 10.7. The minimum atomic E-state index is -0.446. The average molecular weight is 188 g/mol. The van der Waals surface area contributed by atoms with E-state index in [4.69, 9.17) is 5.11 Å². The Morgan fingerprint density at radius 2 is 1.93 bits per heavy atom. The van der Waals surface area contributed by atoms with Crippen LogP contribution in [0.25, 0.3) is 0 Å². The molecule has 0 unspecified atom stereocenters. The molecule has 4 heteroatoms. The molecule has 2 amide bonds. The van der Waals surface area contributed by atoms with Crippen LogP contribution in [0.1, 0.15) is 5.56 Å². The second kappa shape index (κ2) is 3.41. The molecule has 0 spiro atoms. The van der Waals surface area contributed by atoms with E-state index in [2.05, 4.69) is 9.98 Å². The number of hydrogen-bond acceptors (Lipinski definition) is 2. The molecule has 1 N–H and O–H groups in total. The zero-order valence-electron chi connectivity index (χ0n) is 7.34. The highest BCUT2D eigenvalue weighted by Gasteiger charge is 2.08. The molecule has 0 aliphatic carbocycles. The van der Waals surface area contributed by atoms with Crippen LogP contribution in [0.2, 0.25) is 0 Å². The van der Waals surface area contributed by atoms with Gasteiger partial charge in [-0.3, -0.25) is 0 Å². The standard InChI is InChI=1S/C10H8N2O2/c13-9-3-1-7(2-4-9)5-8-6-11-10(14)12-8/h1-4,6,13H,5H2. The summed E-state index contributed by atoms with van der Waals surface area (Å²) in [4.78, 5) is 17.9. The SMILES string of the molecule is O=C1N=CC(Cc2ccc(O)cc2)=N1. The Morgan fingerprint density at radius 1 is 1.21 bits per heavy atom. The van der Waals surface area contributed by atoms with E-state index in [9.17, 15) is 4.79 Å². The lowest BCUT2D eigenvalue weighted by Crippen LogP contribution is -2.01. The molecule has 1 heterocycles. The molecule has 1 aromatic carbocycles. The summed E-state index contributed by atoms with van der Waals surface area (Å²) < 4.78 is 0. The second-order valence-corrected chi connectivity index (χ2v) is 2.99. The van der Waals surface area contributed by atoms with Crippen LogP contribution in [0.5, 0.6) is 5.75 Å². The smallest absolute Gasteiger partial charge is 0.367 e. The summed E-state index contributed by atoms with van der Waals surface area (Å²) in [6.45, 7) is 0. The molecular weight excluding hydrogens is 180 g/mol. The topological polar surface area (TPSA) is 62.0 Å². The van der Waals surface area contributed by atoms with Crippen molar-refractivity contribution in [2.75, 3.05) is 0 Å². The Balaban J connectivity index is 2.12. The molecule has 0 bridgehead atoms. The van der Waals surface area contributed by atoms with E-state index in [0.717, 1.165) is 5.56 Å². The quantitative estimate of drug-likeness (QED) is 0.765. The van der Waals surface area contributed by atoms with Crippen LogP contribution in [0.4, 0.5) is 4.79 Å². The van der Waals surface area contributed by atoms with Gasteiger partial charge in [-0.25, -0.2) is 4.79 Å². The van der Waals surface area contributed by atoms with Gasteiger partial charge >= 0.3 is 6.03 Å². The lowest BCUT2D eigenvalue weighted by atomic mass is 10.1. The van der Waals surface area contributed by atoms with Gasteiger partial charge in [0.25, 0.3) is 0 Å². The van der Waals surface area contributed by atoms with E-state index in [1.807, 2.05) is 0 Å². The van der Waals surface area contributed by atoms with E-state index in [-0.39, 0.29) is 5.75 Å². The van der Waals surface area contributed by atoms with Crippen LogP contribution >= 0.6 is 0 Å². The van der Waals surface area contributed by atoms with Gasteiger partial charge in [-0.05, 0) is 17.7 Å². The molecule has 4 nitrogen and oxygen atoms in total. The molecule has 0 saturated carbocycles. The summed E-state index contributed by atoms with van der Waals surface area (Å²) in [6, 6.07) is 6.33. The number of amides is 2. The Kier molecular flexibility index (Phi) is 2.10. The maximum Gasteiger partial charge on any atom is 0.367 e. The summed E-state index contributed by atoms with van der Waals surface area (Å²) in [5, 5.41) is 9.05. The minimum Gasteiger partial charge on any atom is -0.508 e. The van der Waals surface area contributed by atoms with Crippen molar-refractivity contribution in [3.63, 3.8) is 0 Å². The number of carbonyl (C=O) groups excluding carboxylic acids is 1. The number of benzene rings is 1. The molecule has 2 rings (SSSR count). The molecule has 0 fully saturated rings. The number of urea groups is 1. The first-order valence-corrected chi connectivity index (χ1v) is 4.17. The zero-order valence-corrected chi connectivity index (χ0v) is 7.34. The van der Waals surface area contributed by atoms with Crippen LogP contribution in [0, 0.1) is 0 Å². The Hall–Kier alpha value is -1.97. The third kappa shape index (κ3) is 1.85. The largest absolute Gasteiger partial charge is 0.508 e. The van der Waals surface area contributed by atoms with Crippen molar-refractivity contribution >= 4 is 18.0 Å². The van der Waals surface area contributed by atoms with Crippen molar-refractivity contribution in [1.29, 1.82) is 0 Å². The van der Waals surface area contributed by atoms with E-state index in [1.54, 1.807) is 24.3 Å². The zero-order chi connectivity index (χ0) is 9.97. The highest BCUT2D eigenvalue weighted by molar-refractivity contribution is 6.37. The first-order chi connectivity index (χ1) is 6.74. The number of hydrogen-bond donors (Lipinski definition) is 1. The normalized spacial score (nSPS) is 14.6. The summed E-state index contributed by atoms with van der Waals surface area (Å²) in [6.07, 6.45) is 2.03. The van der Waals surface area contributed by atoms with Crippen LogP contribution < -0.4 is 0 Å². The van der Waals surface area contributed by atoms with Crippen molar-refractivity contribution in [2.24, 2.45) is 9.98 Å². The van der Waals surface area contributed by atoms with E-state index < -0.39 is 6.03 Å². The maximum atomic E-state index is 10.7. The fourth-order valence-corrected chi connectivity index (χ4v) is 1.22. The van der Waals surface area contributed by atoms with E-state index in [0.29, 0.717) is 12.1 Å². The number of aliphatic imine (C=N–C) groups is 2. The third-order valence-electron chi connectivity index (χ3n) is 1.88. The van der Waals surface area contributed by atoms with Crippen LogP contribution in [0.15, 0.2) is 34.3 Å². The Bertz CT molecular complexity index is 418. The number of nitrogens with zero attached hydrogens (tertiary/aromatic N) is 2. The van der Waals surface area contributed by atoms with Crippen LogP contribution in [0.3, 0.4) is 0 Å². The van der Waals surface area contributed by atoms with E-state index >= 15 is 0 Å². The van der Waals surface area contributed by atoms with Crippen LogP contribution in [-0.4, -0.2) is 23.1 Å². The van der Waals surface area contributed by atoms with Gasteiger partial charge in [0, 0.05) is 6.42 Å². The number of rotatable bonds is 2. The van der Waals surface area contributed by atoms with Gasteiger partial charge in [-0.15, -0.1) is 0 Å². The summed E-state index contributed by atoms with van der Waals surface area (Å²) >= 11 is 0. The fourth-order valence-electron chi connectivity index (χ4n) is 1.22. The van der Waals surface area contributed by atoms with Crippen molar-refractivity contribution in [1.82, 2.24) is 0 Å². The van der Waals surface area contributed by atoms with Gasteiger partial charge in [0.15, 0.2) is 0 Å². The van der Waals surface area contributed by atoms with Gasteiger partial charge in [-0.2, -0.15) is 9.98 Å². The molecule has 1 aliphatic rings. The molecule has 1 aliphatic heterocycles. The van der Waals surface area contributed by atoms with Gasteiger partial charge in [0.05, 0.1) is 11.9 Å². The Morgan fingerprint density at radius 3 is 2.50 bits per heavy atom. The molecule has 70 valence electrons. The number of phenolic OH excluding ortho intramolecular Hbond substituents is 1. The third-order valence-corrected chi connectivity index (χ3v) is 1.88. The average Bonchev–Trinajstić information content (AvgIpc) is 2.56. The van der Waals surface area contributed by atoms with E-state index in [1.165, 1.54) is 6.21 Å². The highest BCUT2D eigenvalue weighted by atomic mass is 16.3. The molecule has 0 atom stereocenters. The molecule has 0 saturated heterocycles. The first kappa shape index (κ1) is 8.62. The number of phenols is 1. The minimum absolute atomic E-state index is 0.229. The van der Waals surface area contributed by atoms with Crippen molar-refractivity contribution in [2.45, 2.75) is 6.42 Å². The van der Waals surface area contributed by atoms with Crippen LogP contribution in [-0.2, 0) is 6.42 Å². The number of aromatic hydroxyl groups is 1. The highest BCUT2D eigenvalue weighted by Crippen LogP contribution is 2.11. The van der Waals surface area contributed by atoms with Gasteiger partial charge in [0.1, 0.15) is 5.75 Å². The first-order valence-electron chi connectivity index (χ1n) is 4.17. The van der Waals surface area contributed by atoms with Crippen molar-refractivity contribution < 1.29 is 9.90 Å². The molecule has 0 aromatic heterocycles. The predicted molar refractivity (Wildman–Crippen MR) is 53.1 cm³/mol. The lowest BCUT2D eigenvalue weighted by Gasteiger charge is -1.98. The fraction of sp³-hybridized carbons (Fsp3) is 0.100. The van der Waals surface area contributed by atoms with Crippen molar-refractivity contribution in [3.8, 4) is 5.75 Å². The summed E-state index contributed by atoms with van der Waals surface area (Å²) in [5.74, 6) is 0.229. The number of carbonyl (C=O) groups is 1. The van der Waals surface area contributed by atoms with Gasteiger partial charge in [0.2, 0.25) is 0 Å². The Labute approximate surface area is 80.6 Å². The molecule has 1 aromatic rings. The van der Waals surface area contributed by atoms with Crippen molar-refractivity contribution in [3.05, 3.63) is 29.8 Å².